The van der Waals surface area contributed by atoms with E-state index in [9.17, 15) is 19.2 Å². The molecule has 0 aliphatic rings. The number of nitrogens with one attached hydrogen (secondary N) is 2. The number of hydrogen-bond donors (Lipinski definition) is 3. The normalized spacial score (nSPS) is 11.0. The lowest BCUT2D eigenvalue weighted by molar-refractivity contribution is -0.139. The van der Waals surface area contributed by atoms with Crippen LogP contribution in [-0.2, 0) is 28.5 Å². The van der Waals surface area contributed by atoms with Gasteiger partial charge in [-0.2, -0.15) is 12.6 Å². The molecule has 0 radical (unpaired) electrons. The molecule has 0 bridgehead atoms. The smallest absolute Gasteiger partial charge is 0.407 e. The van der Waals surface area contributed by atoms with Gasteiger partial charge in [0.05, 0.1) is 13.2 Å². The third kappa shape index (κ3) is 17.5. The van der Waals surface area contributed by atoms with E-state index in [4.69, 9.17) is 18.9 Å². The minimum Gasteiger partial charge on any atom is -0.462 e. The fourth-order valence-corrected chi connectivity index (χ4v) is 2.43. The van der Waals surface area contributed by atoms with Crippen molar-refractivity contribution in [3.63, 3.8) is 0 Å². The minimum absolute atomic E-state index is 0.104. The second-order valence-electron chi connectivity index (χ2n) is 7.24. The molecule has 0 spiro atoms. The first kappa shape index (κ1) is 30.3. The van der Waals surface area contributed by atoms with Gasteiger partial charge in [-0.3, -0.25) is 0 Å². The molecule has 0 aliphatic heterocycles. The van der Waals surface area contributed by atoms with E-state index in [1.807, 2.05) is 0 Å². The molecule has 0 fully saturated rings. The Morgan fingerprint density at radius 1 is 0.788 bits per heavy atom. The van der Waals surface area contributed by atoms with Crippen LogP contribution in [0.3, 0.4) is 0 Å². The highest BCUT2D eigenvalue weighted by atomic mass is 32.1. The molecule has 11 heteroatoms. The molecular formula is C22H36N2O8S. The van der Waals surface area contributed by atoms with Crippen LogP contribution in [0.25, 0.3) is 0 Å². The molecule has 1 unspecified atom stereocenters. The van der Waals surface area contributed by atoms with Crippen LogP contribution in [0.15, 0.2) is 24.3 Å². The summed E-state index contributed by atoms with van der Waals surface area (Å²) in [5.41, 5.74) is 0.675. The van der Waals surface area contributed by atoms with Gasteiger partial charge in [0, 0.05) is 24.2 Å². The predicted octanol–water partition coefficient (Wildman–Crippen LogP) is 2.93. The standard InChI is InChI=1S/C22H36N2O8S/c1-16(2)19(25)29-12-7-5-10-23-21(27)31-15-18(9-14-33)32-22(28)24-11-6-8-13-30-20(26)17(3)4/h18,33H,1,3,5-15H2,2,4H3,(H,23,27)(H,24,28). The molecule has 10 nitrogen and oxygen atoms in total. The average Bonchev–Trinajstić information content (AvgIpc) is 2.76. The monoisotopic (exact) mass is 488 g/mol. The number of unbranched alkanes of at least 4 members (excludes halogenated alkanes) is 2. The van der Waals surface area contributed by atoms with Gasteiger partial charge >= 0.3 is 24.1 Å². The van der Waals surface area contributed by atoms with Crippen LogP contribution < -0.4 is 10.6 Å². The molecule has 0 saturated heterocycles. The molecule has 188 valence electrons. The Morgan fingerprint density at radius 2 is 1.27 bits per heavy atom. The lowest BCUT2D eigenvalue weighted by atomic mass is 10.3. The van der Waals surface area contributed by atoms with Crippen molar-refractivity contribution in [3.8, 4) is 0 Å². The fraction of sp³-hybridized carbons (Fsp3) is 0.636. The molecule has 0 saturated carbocycles. The van der Waals surface area contributed by atoms with Gasteiger partial charge in [0.15, 0.2) is 0 Å². The van der Waals surface area contributed by atoms with Crippen molar-refractivity contribution >= 4 is 36.8 Å². The molecule has 2 N–H and O–H groups in total. The van der Waals surface area contributed by atoms with Gasteiger partial charge in [0.1, 0.15) is 12.7 Å². The fourth-order valence-electron chi connectivity index (χ4n) is 2.14. The third-order valence-corrected chi connectivity index (χ3v) is 4.23. The highest BCUT2D eigenvalue weighted by Crippen LogP contribution is 2.03. The molecule has 0 heterocycles. The third-order valence-electron chi connectivity index (χ3n) is 3.97. The van der Waals surface area contributed by atoms with E-state index in [1.165, 1.54) is 0 Å². The summed E-state index contributed by atoms with van der Waals surface area (Å²) in [5, 5.41) is 5.17. The van der Waals surface area contributed by atoms with Crippen LogP contribution in [0.1, 0.15) is 46.0 Å². The maximum Gasteiger partial charge on any atom is 0.407 e. The van der Waals surface area contributed by atoms with Crippen molar-refractivity contribution in [3.05, 3.63) is 24.3 Å². The van der Waals surface area contributed by atoms with Crippen LogP contribution in [0, 0.1) is 0 Å². The Labute approximate surface area is 200 Å². The Morgan fingerprint density at radius 3 is 1.73 bits per heavy atom. The van der Waals surface area contributed by atoms with Crippen LogP contribution >= 0.6 is 12.6 Å². The Hall–Kier alpha value is -2.69. The first-order chi connectivity index (χ1) is 15.7. The van der Waals surface area contributed by atoms with Crippen molar-refractivity contribution in [2.75, 3.05) is 38.7 Å². The summed E-state index contributed by atoms with van der Waals surface area (Å²) in [6.45, 7) is 11.2. The van der Waals surface area contributed by atoms with Gasteiger partial charge in [-0.25, -0.2) is 19.2 Å². The van der Waals surface area contributed by atoms with Crippen LogP contribution in [0.5, 0.6) is 0 Å². The Bertz CT molecular complexity index is 669. The number of carbonyl (C=O) groups excluding carboxylic acids is 4. The molecule has 2 amide bonds. The molecule has 0 aromatic carbocycles. The number of hydrogen-bond acceptors (Lipinski definition) is 9. The molecular weight excluding hydrogens is 452 g/mol. The van der Waals surface area contributed by atoms with Gasteiger partial charge in [-0.1, -0.05) is 13.2 Å². The Kier molecular flexibility index (Phi) is 17.3. The number of thiol groups is 1. The molecule has 33 heavy (non-hydrogen) atoms. The van der Waals surface area contributed by atoms with Crippen molar-refractivity contribution in [1.29, 1.82) is 0 Å². The minimum atomic E-state index is -0.633. The number of esters is 2. The zero-order valence-electron chi connectivity index (χ0n) is 19.5. The van der Waals surface area contributed by atoms with Crippen LogP contribution in [0.2, 0.25) is 0 Å². The Balaban J connectivity index is 3.94. The lowest BCUT2D eigenvalue weighted by Gasteiger charge is -2.17. The van der Waals surface area contributed by atoms with E-state index in [0.29, 0.717) is 62.1 Å². The highest BCUT2D eigenvalue weighted by molar-refractivity contribution is 7.80. The van der Waals surface area contributed by atoms with E-state index in [0.717, 1.165) is 0 Å². The largest absolute Gasteiger partial charge is 0.462 e. The van der Waals surface area contributed by atoms with Crippen molar-refractivity contribution in [1.82, 2.24) is 10.6 Å². The molecule has 0 rings (SSSR count). The van der Waals surface area contributed by atoms with Crippen molar-refractivity contribution < 1.29 is 38.1 Å². The number of rotatable bonds is 17. The van der Waals surface area contributed by atoms with E-state index in [1.54, 1.807) is 13.8 Å². The van der Waals surface area contributed by atoms with Gasteiger partial charge in [0.25, 0.3) is 0 Å². The molecule has 0 aliphatic carbocycles. The summed E-state index contributed by atoms with van der Waals surface area (Å²) >= 11 is 4.13. The maximum absolute atomic E-state index is 11.9. The summed E-state index contributed by atoms with van der Waals surface area (Å²) in [6.07, 6.45) is 0.881. The molecule has 1 atom stereocenters. The van der Waals surface area contributed by atoms with Gasteiger partial charge < -0.3 is 29.6 Å². The quantitative estimate of drug-likeness (QED) is 0.0937. The molecule has 0 aromatic rings. The first-order valence-corrected chi connectivity index (χ1v) is 11.4. The summed E-state index contributed by atoms with van der Waals surface area (Å²) < 4.78 is 20.3. The van der Waals surface area contributed by atoms with Crippen LogP contribution in [-0.4, -0.2) is 68.9 Å². The van der Waals surface area contributed by atoms with Crippen LogP contribution in [0.4, 0.5) is 9.59 Å². The number of amides is 2. The van der Waals surface area contributed by atoms with E-state index in [2.05, 4.69) is 36.4 Å². The summed E-state index contributed by atoms with van der Waals surface area (Å²) in [4.78, 5) is 46.2. The number of alkyl carbamates (subject to hydrolysis) is 2. The predicted molar refractivity (Wildman–Crippen MR) is 126 cm³/mol. The summed E-state index contributed by atoms with van der Waals surface area (Å²) in [5.74, 6) is -0.434. The number of ether oxygens (including phenoxy) is 4. The lowest BCUT2D eigenvalue weighted by Crippen LogP contribution is -2.34. The second kappa shape index (κ2) is 18.8. The van der Waals surface area contributed by atoms with E-state index >= 15 is 0 Å². The van der Waals surface area contributed by atoms with Gasteiger partial charge in [0.2, 0.25) is 0 Å². The summed E-state index contributed by atoms with van der Waals surface area (Å²) in [6, 6.07) is 0. The number of carbonyl (C=O) groups is 4. The first-order valence-electron chi connectivity index (χ1n) is 10.8. The van der Waals surface area contributed by atoms with Crippen molar-refractivity contribution in [2.45, 2.75) is 52.1 Å². The second-order valence-corrected chi connectivity index (χ2v) is 7.69. The average molecular weight is 489 g/mol. The van der Waals surface area contributed by atoms with Gasteiger partial charge in [-0.05, 0) is 51.7 Å². The summed E-state index contributed by atoms with van der Waals surface area (Å²) in [7, 11) is 0. The molecule has 0 aromatic heterocycles. The zero-order chi connectivity index (χ0) is 25.1. The van der Waals surface area contributed by atoms with E-state index < -0.39 is 30.2 Å². The van der Waals surface area contributed by atoms with Gasteiger partial charge in [-0.15, -0.1) is 0 Å². The zero-order valence-corrected chi connectivity index (χ0v) is 20.4. The van der Waals surface area contributed by atoms with Crippen molar-refractivity contribution in [2.24, 2.45) is 0 Å². The SMILES string of the molecule is C=C(C)C(=O)OCCCCNC(=O)OCC(CCS)OC(=O)NCCCCOC(=O)C(=C)C. The topological polar surface area (TPSA) is 129 Å². The highest BCUT2D eigenvalue weighted by Gasteiger charge is 2.16. The maximum atomic E-state index is 11.9. The van der Waals surface area contributed by atoms with E-state index in [-0.39, 0.29) is 19.8 Å².